The molecule has 1 fully saturated rings. The minimum atomic E-state index is -0.251. The predicted octanol–water partition coefficient (Wildman–Crippen LogP) is 1.89. The Hall–Kier alpha value is -0.910. The summed E-state index contributed by atoms with van der Waals surface area (Å²) in [6.07, 6.45) is 0.533. The molecule has 0 saturated carbocycles. The van der Waals surface area contributed by atoms with Crippen molar-refractivity contribution >= 4 is 17.2 Å². The van der Waals surface area contributed by atoms with Gasteiger partial charge in [0.15, 0.2) is 0 Å². The van der Waals surface area contributed by atoms with Gasteiger partial charge in [0.25, 0.3) is 5.91 Å². The smallest absolute Gasteiger partial charge is 0.255 e. The number of piperazine rings is 1. The van der Waals surface area contributed by atoms with Crippen LogP contribution in [0.3, 0.4) is 0 Å². The maximum absolute atomic E-state index is 12.5. The summed E-state index contributed by atoms with van der Waals surface area (Å²) in [5.41, 5.74) is 0.856. The highest BCUT2D eigenvalue weighted by Crippen LogP contribution is 2.22. The predicted molar refractivity (Wildman–Crippen MR) is 82.4 cm³/mol. The van der Waals surface area contributed by atoms with Crippen LogP contribution in [0.2, 0.25) is 0 Å². The molecule has 4 nitrogen and oxygen atoms in total. The van der Waals surface area contributed by atoms with E-state index in [-0.39, 0.29) is 12.0 Å². The lowest BCUT2D eigenvalue weighted by Crippen LogP contribution is -2.50. The lowest BCUT2D eigenvalue weighted by molar-refractivity contribution is 0.0523. The fourth-order valence-electron chi connectivity index (χ4n) is 2.57. The molecule has 1 aromatic heterocycles. The quantitative estimate of drug-likeness (QED) is 0.923. The monoisotopic (exact) mass is 296 g/mol. The van der Waals surface area contributed by atoms with Gasteiger partial charge in [0.05, 0.1) is 11.7 Å². The molecule has 1 N–H and O–H groups in total. The van der Waals surface area contributed by atoms with E-state index in [1.165, 1.54) is 4.88 Å². The van der Waals surface area contributed by atoms with Crippen molar-refractivity contribution < 1.29 is 9.90 Å². The molecule has 0 aliphatic carbocycles. The van der Waals surface area contributed by atoms with Crippen LogP contribution in [-0.2, 0) is 0 Å². The van der Waals surface area contributed by atoms with Crippen molar-refractivity contribution in [2.75, 3.05) is 32.7 Å². The third-order valence-electron chi connectivity index (χ3n) is 3.87. The van der Waals surface area contributed by atoms with Crippen LogP contribution in [-0.4, -0.2) is 59.6 Å². The van der Waals surface area contributed by atoms with Crippen molar-refractivity contribution in [2.45, 2.75) is 33.3 Å². The average Bonchev–Trinajstić information content (AvgIpc) is 2.77. The SMILES string of the molecule is CCC(O)CN1CCN(C(=O)c2cc(C)sc2C)CC1. The number of hydrogen-bond acceptors (Lipinski definition) is 4. The largest absolute Gasteiger partial charge is 0.392 e. The summed E-state index contributed by atoms with van der Waals surface area (Å²) < 4.78 is 0. The zero-order valence-electron chi connectivity index (χ0n) is 12.6. The Morgan fingerprint density at radius 3 is 2.50 bits per heavy atom. The van der Waals surface area contributed by atoms with E-state index in [0.717, 1.165) is 49.6 Å². The van der Waals surface area contributed by atoms with Gasteiger partial charge in [-0.25, -0.2) is 0 Å². The van der Waals surface area contributed by atoms with Crippen molar-refractivity contribution in [2.24, 2.45) is 0 Å². The number of aliphatic hydroxyl groups excluding tert-OH is 1. The zero-order valence-corrected chi connectivity index (χ0v) is 13.4. The summed E-state index contributed by atoms with van der Waals surface area (Å²) in [7, 11) is 0. The van der Waals surface area contributed by atoms with Gasteiger partial charge < -0.3 is 10.0 Å². The number of aliphatic hydroxyl groups is 1. The number of amides is 1. The molecule has 5 heteroatoms. The summed E-state index contributed by atoms with van der Waals surface area (Å²) in [6.45, 7) is 9.97. The van der Waals surface area contributed by atoms with Gasteiger partial charge in [-0.05, 0) is 26.3 Å². The van der Waals surface area contributed by atoms with Gasteiger partial charge in [-0.2, -0.15) is 0 Å². The van der Waals surface area contributed by atoms with E-state index in [4.69, 9.17) is 0 Å². The molecule has 1 saturated heterocycles. The second-order valence-electron chi connectivity index (χ2n) is 5.48. The Bertz CT molecular complexity index is 464. The van der Waals surface area contributed by atoms with E-state index < -0.39 is 0 Å². The number of aryl methyl sites for hydroxylation is 2. The van der Waals surface area contributed by atoms with Crippen molar-refractivity contribution in [3.05, 3.63) is 21.4 Å². The van der Waals surface area contributed by atoms with Crippen molar-refractivity contribution in [1.82, 2.24) is 9.80 Å². The first kappa shape index (κ1) is 15.5. The van der Waals surface area contributed by atoms with E-state index in [1.807, 2.05) is 31.7 Å². The van der Waals surface area contributed by atoms with Crippen LogP contribution in [0.1, 0.15) is 33.5 Å². The molecule has 1 atom stereocenters. The Morgan fingerprint density at radius 2 is 2.00 bits per heavy atom. The van der Waals surface area contributed by atoms with Crippen LogP contribution in [0.15, 0.2) is 6.07 Å². The molecule has 1 amide bonds. The number of thiophene rings is 1. The highest BCUT2D eigenvalue weighted by molar-refractivity contribution is 7.12. The van der Waals surface area contributed by atoms with Crippen molar-refractivity contribution in [1.29, 1.82) is 0 Å². The molecule has 112 valence electrons. The first-order chi connectivity index (χ1) is 9.51. The minimum Gasteiger partial charge on any atom is -0.392 e. The van der Waals surface area contributed by atoms with E-state index in [0.29, 0.717) is 0 Å². The Labute approximate surface area is 125 Å². The van der Waals surface area contributed by atoms with Crippen LogP contribution >= 0.6 is 11.3 Å². The fourth-order valence-corrected chi connectivity index (χ4v) is 3.49. The molecular weight excluding hydrogens is 272 g/mol. The second kappa shape index (κ2) is 6.70. The van der Waals surface area contributed by atoms with E-state index in [1.54, 1.807) is 11.3 Å². The van der Waals surface area contributed by atoms with Crippen LogP contribution in [0, 0.1) is 13.8 Å². The number of hydrogen-bond donors (Lipinski definition) is 1. The standard InChI is InChI=1S/C15H24N2O2S/c1-4-13(18)10-16-5-7-17(8-6-16)15(19)14-9-11(2)20-12(14)3/h9,13,18H,4-8,10H2,1-3H3. The maximum Gasteiger partial charge on any atom is 0.255 e. The molecule has 2 heterocycles. The van der Waals surface area contributed by atoms with Gasteiger partial charge >= 0.3 is 0 Å². The molecule has 0 radical (unpaired) electrons. The average molecular weight is 296 g/mol. The zero-order chi connectivity index (χ0) is 14.7. The van der Waals surface area contributed by atoms with E-state index in [2.05, 4.69) is 4.90 Å². The first-order valence-electron chi connectivity index (χ1n) is 7.28. The second-order valence-corrected chi connectivity index (χ2v) is 6.94. The summed E-state index contributed by atoms with van der Waals surface area (Å²) >= 11 is 1.68. The molecule has 1 unspecified atom stereocenters. The normalized spacial score (nSPS) is 18.3. The number of carbonyl (C=O) groups is 1. The molecule has 1 aliphatic rings. The van der Waals surface area contributed by atoms with E-state index in [9.17, 15) is 9.90 Å². The van der Waals surface area contributed by atoms with Gasteiger partial charge in [-0.1, -0.05) is 6.92 Å². The van der Waals surface area contributed by atoms with Gasteiger partial charge in [-0.15, -0.1) is 11.3 Å². The van der Waals surface area contributed by atoms with Gasteiger partial charge in [0, 0.05) is 42.5 Å². The van der Waals surface area contributed by atoms with Crippen molar-refractivity contribution in [3.8, 4) is 0 Å². The molecule has 0 aromatic carbocycles. The van der Waals surface area contributed by atoms with Crippen LogP contribution in [0.25, 0.3) is 0 Å². The number of β-amino-alcohol motifs (C(OH)–C–C–N with tert-alkyl or cyclic N) is 1. The molecule has 1 aliphatic heterocycles. The highest BCUT2D eigenvalue weighted by atomic mass is 32.1. The first-order valence-corrected chi connectivity index (χ1v) is 8.09. The topological polar surface area (TPSA) is 43.8 Å². The van der Waals surface area contributed by atoms with E-state index >= 15 is 0 Å². The summed E-state index contributed by atoms with van der Waals surface area (Å²) in [6, 6.07) is 2.00. The van der Waals surface area contributed by atoms with Crippen LogP contribution in [0.5, 0.6) is 0 Å². The summed E-state index contributed by atoms with van der Waals surface area (Å²) in [5, 5.41) is 9.68. The number of nitrogens with zero attached hydrogens (tertiary/aromatic N) is 2. The van der Waals surface area contributed by atoms with Gasteiger partial charge in [0.1, 0.15) is 0 Å². The molecule has 20 heavy (non-hydrogen) atoms. The lowest BCUT2D eigenvalue weighted by Gasteiger charge is -2.35. The Morgan fingerprint density at radius 1 is 1.35 bits per heavy atom. The fraction of sp³-hybridized carbons (Fsp3) is 0.667. The number of rotatable bonds is 4. The van der Waals surface area contributed by atoms with Crippen LogP contribution in [0.4, 0.5) is 0 Å². The molecular formula is C15H24N2O2S. The van der Waals surface area contributed by atoms with Gasteiger partial charge in [-0.3, -0.25) is 9.69 Å². The Balaban J connectivity index is 1.90. The third kappa shape index (κ3) is 3.59. The van der Waals surface area contributed by atoms with Gasteiger partial charge in [0.2, 0.25) is 0 Å². The van der Waals surface area contributed by atoms with Crippen LogP contribution < -0.4 is 0 Å². The van der Waals surface area contributed by atoms with Crippen molar-refractivity contribution in [3.63, 3.8) is 0 Å². The number of carbonyl (C=O) groups excluding carboxylic acids is 1. The minimum absolute atomic E-state index is 0.155. The summed E-state index contributed by atoms with van der Waals surface area (Å²) in [5.74, 6) is 0.155. The molecule has 1 aromatic rings. The Kier molecular flexibility index (Phi) is 5.18. The summed E-state index contributed by atoms with van der Waals surface area (Å²) in [4.78, 5) is 19.0. The highest BCUT2D eigenvalue weighted by Gasteiger charge is 2.24. The molecule has 0 bridgehead atoms. The third-order valence-corrected chi connectivity index (χ3v) is 4.84. The maximum atomic E-state index is 12.5. The molecule has 0 spiro atoms. The molecule has 2 rings (SSSR count). The lowest BCUT2D eigenvalue weighted by atomic mass is 10.2.